The summed E-state index contributed by atoms with van der Waals surface area (Å²) < 4.78 is 78.0. The van der Waals surface area contributed by atoms with Crippen LogP contribution in [0, 0.1) is 18.7 Å². The third-order valence-electron chi connectivity index (χ3n) is 5.89. The zero-order valence-electron chi connectivity index (χ0n) is 18.0. The molecule has 0 heterocycles. The van der Waals surface area contributed by atoms with E-state index in [1.165, 1.54) is 18.2 Å². The summed E-state index contributed by atoms with van der Waals surface area (Å²) in [6.45, 7) is 5.03. The quantitative estimate of drug-likeness (QED) is 0.600. The van der Waals surface area contributed by atoms with E-state index in [0.717, 1.165) is 24.5 Å². The molecule has 0 bridgehead atoms. The van der Waals surface area contributed by atoms with Gasteiger partial charge in [0.2, 0.25) is 15.9 Å². The van der Waals surface area contributed by atoms with E-state index in [1.807, 2.05) is 0 Å². The zero-order chi connectivity index (χ0) is 24.1. The largest absolute Gasteiger partial charge is 0.416 e. The van der Waals surface area contributed by atoms with Crippen molar-refractivity contribution in [1.29, 1.82) is 0 Å². The molecule has 10 heteroatoms. The van der Waals surface area contributed by atoms with Gasteiger partial charge in [-0.1, -0.05) is 19.1 Å². The van der Waals surface area contributed by atoms with Crippen LogP contribution in [0.25, 0.3) is 0 Å². The lowest BCUT2D eigenvalue weighted by atomic mass is 9.94. The van der Waals surface area contributed by atoms with Crippen LogP contribution in [0.2, 0.25) is 0 Å². The Balaban J connectivity index is 1.71. The number of rotatable bonds is 6. The Morgan fingerprint density at radius 2 is 1.78 bits per heavy atom. The predicted molar refractivity (Wildman–Crippen MR) is 113 cm³/mol. The zero-order valence-corrected chi connectivity index (χ0v) is 18.8. The number of nitrogens with one attached hydrogen (secondary N) is 2. The van der Waals surface area contributed by atoms with Crippen LogP contribution in [0.15, 0.2) is 36.4 Å². The van der Waals surface area contributed by atoms with Gasteiger partial charge in [0.15, 0.2) is 0 Å². The van der Waals surface area contributed by atoms with Gasteiger partial charge in [-0.05, 0) is 55.7 Å². The van der Waals surface area contributed by atoms with E-state index < -0.39 is 45.0 Å². The highest BCUT2D eigenvalue weighted by Crippen LogP contribution is 2.54. The van der Waals surface area contributed by atoms with E-state index in [-0.39, 0.29) is 17.2 Å². The van der Waals surface area contributed by atoms with Crippen molar-refractivity contribution < 1.29 is 30.8 Å². The highest BCUT2D eigenvalue weighted by atomic mass is 32.2. The maximum Gasteiger partial charge on any atom is 0.416 e. The number of sulfonamides is 1. The van der Waals surface area contributed by atoms with Crippen LogP contribution in [-0.4, -0.2) is 20.6 Å². The van der Waals surface area contributed by atoms with Gasteiger partial charge in [-0.3, -0.25) is 9.52 Å². The summed E-state index contributed by atoms with van der Waals surface area (Å²) in [6, 6.07) is 6.62. The first-order valence-electron chi connectivity index (χ1n) is 9.88. The molecule has 1 aliphatic carbocycles. The maximum absolute atomic E-state index is 14.6. The number of benzene rings is 2. The van der Waals surface area contributed by atoms with Gasteiger partial charge in [0.05, 0.1) is 23.5 Å². The molecule has 0 radical (unpaired) electrons. The van der Waals surface area contributed by atoms with Crippen molar-refractivity contribution in [3.8, 4) is 0 Å². The van der Waals surface area contributed by atoms with Crippen molar-refractivity contribution in [3.63, 3.8) is 0 Å². The standard InChI is InChI=1S/C22H24F4N2O3S/c1-12-9-16(18(23)10-19(12)28-32(4,30)31)13(2)27-20(29)17-11-21(17,3)14-5-7-15(8-6-14)22(24,25)26/h5-10,13,17,28H,11H2,1-4H3,(H,27,29)/t13?,17-,21+/m0/s1. The Morgan fingerprint density at radius 1 is 1.19 bits per heavy atom. The summed E-state index contributed by atoms with van der Waals surface area (Å²) >= 11 is 0. The highest BCUT2D eigenvalue weighted by Gasteiger charge is 2.55. The second kappa shape index (κ2) is 8.06. The first-order chi connectivity index (χ1) is 14.6. The third kappa shape index (κ3) is 5.06. The van der Waals surface area contributed by atoms with Crippen molar-refractivity contribution in [2.75, 3.05) is 11.0 Å². The van der Waals surface area contributed by atoms with E-state index >= 15 is 0 Å². The molecule has 0 saturated heterocycles. The maximum atomic E-state index is 14.6. The normalized spacial score (nSPS) is 21.7. The molecule has 1 fully saturated rings. The number of carbonyl (C=O) groups excluding carboxylic acids is 1. The van der Waals surface area contributed by atoms with E-state index in [9.17, 15) is 30.8 Å². The van der Waals surface area contributed by atoms with E-state index in [1.54, 1.807) is 20.8 Å². The Morgan fingerprint density at radius 3 is 2.31 bits per heavy atom. The van der Waals surface area contributed by atoms with Crippen molar-refractivity contribution >= 4 is 21.6 Å². The second-order valence-corrected chi connectivity index (χ2v) is 10.3. The second-order valence-electron chi connectivity index (χ2n) is 8.54. The number of hydrogen-bond donors (Lipinski definition) is 2. The average molecular weight is 473 g/mol. The molecule has 1 aliphatic rings. The molecule has 2 aromatic carbocycles. The molecule has 32 heavy (non-hydrogen) atoms. The van der Waals surface area contributed by atoms with Crippen LogP contribution in [0.5, 0.6) is 0 Å². The minimum atomic E-state index is -4.43. The molecule has 1 amide bonds. The van der Waals surface area contributed by atoms with E-state index in [4.69, 9.17) is 0 Å². The van der Waals surface area contributed by atoms with Gasteiger partial charge in [0, 0.05) is 16.9 Å². The molecule has 2 N–H and O–H groups in total. The van der Waals surface area contributed by atoms with Crippen LogP contribution in [0.3, 0.4) is 0 Å². The lowest BCUT2D eigenvalue weighted by Crippen LogP contribution is -2.31. The van der Waals surface area contributed by atoms with Crippen LogP contribution < -0.4 is 10.0 Å². The van der Waals surface area contributed by atoms with Crippen molar-refractivity contribution in [2.24, 2.45) is 5.92 Å². The summed E-state index contributed by atoms with van der Waals surface area (Å²) in [5.41, 5.74) is 0.104. The van der Waals surface area contributed by atoms with Crippen molar-refractivity contribution in [3.05, 3.63) is 64.5 Å². The SMILES string of the molecule is Cc1cc(C(C)NC(=O)[C@@H]2C[C@]2(C)c2ccc(C(F)(F)F)cc2)c(F)cc1NS(C)(=O)=O. The van der Waals surface area contributed by atoms with Crippen LogP contribution in [-0.2, 0) is 26.4 Å². The number of carbonyl (C=O) groups is 1. The topological polar surface area (TPSA) is 75.3 Å². The molecule has 0 aliphatic heterocycles. The smallest absolute Gasteiger partial charge is 0.349 e. The van der Waals surface area contributed by atoms with Crippen LogP contribution in [0.4, 0.5) is 23.2 Å². The lowest BCUT2D eigenvalue weighted by Gasteiger charge is -2.19. The molecule has 5 nitrogen and oxygen atoms in total. The Labute approximate surface area is 184 Å². The van der Waals surface area contributed by atoms with Gasteiger partial charge in [0.1, 0.15) is 5.82 Å². The van der Waals surface area contributed by atoms with Gasteiger partial charge in [0.25, 0.3) is 0 Å². The summed E-state index contributed by atoms with van der Waals surface area (Å²) in [4.78, 5) is 12.7. The molecule has 174 valence electrons. The van der Waals surface area contributed by atoms with Crippen molar-refractivity contribution in [2.45, 2.75) is 44.8 Å². The summed E-state index contributed by atoms with van der Waals surface area (Å²) in [5, 5.41) is 2.76. The minimum Gasteiger partial charge on any atom is -0.349 e. The lowest BCUT2D eigenvalue weighted by molar-refractivity contribution is -0.137. The predicted octanol–water partition coefficient (Wildman–Crippen LogP) is 4.68. The van der Waals surface area contributed by atoms with E-state index in [2.05, 4.69) is 10.0 Å². The molecule has 3 atom stereocenters. The highest BCUT2D eigenvalue weighted by molar-refractivity contribution is 7.92. The van der Waals surface area contributed by atoms with Gasteiger partial charge < -0.3 is 5.32 Å². The molecular weight excluding hydrogens is 448 g/mol. The minimum absolute atomic E-state index is 0.115. The first-order valence-corrected chi connectivity index (χ1v) is 11.8. The molecule has 2 aromatic rings. The van der Waals surface area contributed by atoms with E-state index in [0.29, 0.717) is 17.5 Å². The molecule has 0 aromatic heterocycles. The number of hydrogen-bond acceptors (Lipinski definition) is 3. The monoisotopic (exact) mass is 472 g/mol. The van der Waals surface area contributed by atoms with Gasteiger partial charge in [-0.15, -0.1) is 0 Å². The number of anilines is 1. The fraction of sp³-hybridized carbons (Fsp3) is 0.409. The molecular formula is C22H24F4N2O3S. The van der Waals surface area contributed by atoms with Gasteiger partial charge >= 0.3 is 6.18 Å². The number of halogens is 4. The summed E-state index contributed by atoms with van der Waals surface area (Å²) in [7, 11) is -3.57. The molecule has 0 spiro atoms. The Bertz CT molecular complexity index is 1150. The Hall–Kier alpha value is -2.62. The molecule has 1 saturated carbocycles. The fourth-order valence-corrected chi connectivity index (χ4v) is 4.46. The Kier molecular flexibility index (Phi) is 6.05. The fourth-order valence-electron chi connectivity index (χ4n) is 3.84. The van der Waals surface area contributed by atoms with Gasteiger partial charge in [-0.25, -0.2) is 12.8 Å². The van der Waals surface area contributed by atoms with Crippen LogP contribution >= 0.6 is 0 Å². The van der Waals surface area contributed by atoms with Crippen LogP contribution in [0.1, 0.15) is 48.6 Å². The number of alkyl halides is 3. The number of amides is 1. The van der Waals surface area contributed by atoms with Crippen molar-refractivity contribution in [1.82, 2.24) is 5.32 Å². The molecule has 1 unspecified atom stereocenters. The van der Waals surface area contributed by atoms with Gasteiger partial charge in [-0.2, -0.15) is 13.2 Å². The summed E-state index contributed by atoms with van der Waals surface area (Å²) in [6.07, 6.45) is -3.00. The molecule has 3 rings (SSSR count). The average Bonchev–Trinajstić information content (AvgIpc) is 3.36. The summed E-state index contributed by atoms with van der Waals surface area (Å²) in [5.74, 6) is -1.44. The number of aryl methyl sites for hydroxylation is 1. The first kappa shape index (κ1) is 24.0. The third-order valence-corrected chi connectivity index (χ3v) is 6.48.